The zero-order valence-electron chi connectivity index (χ0n) is 8.89. The van der Waals surface area contributed by atoms with E-state index >= 15 is 0 Å². The van der Waals surface area contributed by atoms with Crippen LogP contribution in [0.15, 0.2) is 24.3 Å². The molecule has 1 aromatic rings. The molecule has 0 bridgehead atoms. The molecule has 2 N–H and O–H groups in total. The molecule has 2 heteroatoms. The van der Waals surface area contributed by atoms with Crippen LogP contribution in [0, 0.1) is 5.82 Å². The fraction of sp³-hybridized carbons (Fsp3) is 0.500. The van der Waals surface area contributed by atoms with E-state index in [1.165, 1.54) is 6.07 Å². The lowest BCUT2D eigenvalue weighted by Crippen LogP contribution is -2.38. The average Bonchev–Trinajstić information content (AvgIpc) is 2.08. The largest absolute Gasteiger partial charge is 0.325 e. The monoisotopic (exact) mass is 195 g/mol. The van der Waals surface area contributed by atoms with Gasteiger partial charge in [-0.05, 0) is 31.4 Å². The summed E-state index contributed by atoms with van der Waals surface area (Å²) in [5.74, 6) is -0.153. The maximum absolute atomic E-state index is 13.3. The minimum absolute atomic E-state index is 0.153. The van der Waals surface area contributed by atoms with Crippen molar-refractivity contribution < 1.29 is 4.39 Å². The highest BCUT2D eigenvalue weighted by Gasteiger charge is 2.19. The fourth-order valence-corrected chi connectivity index (χ4v) is 1.74. The van der Waals surface area contributed by atoms with Crippen molar-refractivity contribution in [2.24, 2.45) is 5.73 Å². The van der Waals surface area contributed by atoms with E-state index in [0.717, 1.165) is 12.8 Å². The predicted octanol–water partition coefficient (Wildman–Crippen LogP) is 2.89. The highest BCUT2D eigenvalue weighted by atomic mass is 19.1. The molecule has 0 heterocycles. The van der Waals surface area contributed by atoms with Crippen LogP contribution >= 0.6 is 0 Å². The molecule has 0 aliphatic rings. The first-order chi connectivity index (χ1) is 6.55. The topological polar surface area (TPSA) is 26.0 Å². The maximum Gasteiger partial charge on any atom is 0.126 e. The Kier molecular flexibility index (Phi) is 3.64. The van der Waals surface area contributed by atoms with Crippen LogP contribution < -0.4 is 5.73 Å². The zero-order chi connectivity index (χ0) is 10.6. The molecule has 0 saturated carbocycles. The van der Waals surface area contributed by atoms with Crippen LogP contribution in [0.25, 0.3) is 0 Å². The molecule has 14 heavy (non-hydrogen) atoms. The number of halogens is 1. The van der Waals surface area contributed by atoms with Gasteiger partial charge in [-0.2, -0.15) is 0 Å². The van der Waals surface area contributed by atoms with E-state index in [-0.39, 0.29) is 11.4 Å². The first-order valence-electron chi connectivity index (χ1n) is 5.07. The number of nitrogens with two attached hydrogens (primary N) is 1. The maximum atomic E-state index is 13.3. The van der Waals surface area contributed by atoms with Crippen molar-refractivity contribution in [2.75, 3.05) is 0 Å². The molecule has 78 valence electrons. The molecule has 1 unspecified atom stereocenters. The molecular formula is C12H18FN. The summed E-state index contributed by atoms with van der Waals surface area (Å²) >= 11 is 0. The van der Waals surface area contributed by atoms with Crippen LogP contribution in [0.1, 0.15) is 32.3 Å². The third kappa shape index (κ3) is 3.11. The summed E-state index contributed by atoms with van der Waals surface area (Å²) in [6.07, 6.45) is 2.55. The van der Waals surface area contributed by atoms with Gasteiger partial charge in [-0.3, -0.25) is 0 Å². The van der Waals surface area contributed by atoms with E-state index in [0.29, 0.717) is 12.0 Å². The van der Waals surface area contributed by atoms with Gasteiger partial charge in [0.05, 0.1) is 0 Å². The Hall–Kier alpha value is -0.890. The van der Waals surface area contributed by atoms with Crippen molar-refractivity contribution in [3.05, 3.63) is 35.6 Å². The Morgan fingerprint density at radius 3 is 2.57 bits per heavy atom. The Labute approximate surface area is 85.1 Å². The third-order valence-electron chi connectivity index (χ3n) is 2.37. The highest BCUT2D eigenvalue weighted by molar-refractivity contribution is 5.19. The lowest BCUT2D eigenvalue weighted by atomic mass is 9.89. The summed E-state index contributed by atoms with van der Waals surface area (Å²) in [6, 6.07) is 6.83. The fourth-order valence-electron chi connectivity index (χ4n) is 1.74. The number of hydrogen-bond donors (Lipinski definition) is 1. The summed E-state index contributed by atoms with van der Waals surface area (Å²) in [4.78, 5) is 0. The third-order valence-corrected chi connectivity index (χ3v) is 2.37. The normalized spacial score (nSPS) is 15.1. The molecule has 1 nitrogen and oxygen atoms in total. The Bertz CT molecular complexity index is 294. The van der Waals surface area contributed by atoms with Gasteiger partial charge >= 0.3 is 0 Å². The Balaban J connectivity index is 2.73. The van der Waals surface area contributed by atoms with Gasteiger partial charge in [-0.1, -0.05) is 31.5 Å². The van der Waals surface area contributed by atoms with Gasteiger partial charge in [0.25, 0.3) is 0 Å². The minimum atomic E-state index is -0.295. The Morgan fingerprint density at radius 2 is 2.00 bits per heavy atom. The molecular weight excluding hydrogens is 177 g/mol. The Morgan fingerprint density at radius 1 is 1.36 bits per heavy atom. The van der Waals surface area contributed by atoms with Gasteiger partial charge in [-0.25, -0.2) is 4.39 Å². The molecule has 0 aliphatic carbocycles. The molecule has 0 aromatic heterocycles. The van der Waals surface area contributed by atoms with E-state index in [2.05, 4.69) is 6.92 Å². The quantitative estimate of drug-likeness (QED) is 0.785. The molecule has 1 atom stereocenters. The number of hydrogen-bond acceptors (Lipinski definition) is 1. The second kappa shape index (κ2) is 4.56. The van der Waals surface area contributed by atoms with Crippen molar-refractivity contribution in [3.63, 3.8) is 0 Å². The van der Waals surface area contributed by atoms with Gasteiger partial charge in [0.15, 0.2) is 0 Å². The van der Waals surface area contributed by atoms with E-state index < -0.39 is 0 Å². The summed E-state index contributed by atoms with van der Waals surface area (Å²) < 4.78 is 13.3. The van der Waals surface area contributed by atoms with Gasteiger partial charge in [0, 0.05) is 5.54 Å². The zero-order valence-corrected chi connectivity index (χ0v) is 8.89. The molecule has 0 aliphatic heterocycles. The van der Waals surface area contributed by atoms with E-state index in [4.69, 9.17) is 5.73 Å². The SMILES string of the molecule is CCCC(C)(N)Cc1ccccc1F. The number of rotatable bonds is 4. The lowest BCUT2D eigenvalue weighted by molar-refractivity contribution is 0.416. The van der Waals surface area contributed by atoms with Gasteiger partial charge in [0.1, 0.15) is 5.82 Å². The van der Waals surface area contributed by atoms with E-state index in [9.17, 15) is 4.39 Å². The standard InChI is InChI=1S/C12H18FN/c1-3-8-12(2,14)9-10-6-4-5-7-11(10)13/h4-7H,3,8-9,14H2,1-2H3. The minimum Gasteiger partial charge on any atom is -0.325 e. The van der Waals surface area contributed by atoms with Crippen LogP contribution in [0.4, 0.5) is 4.39 Å². The van der Waals surface area contributed by atoms with Gasteiger partial charge in [-0.15, -0.1) is 0 Å². The predicted molar refractivity (Wildman–Crippen MR) is 57.6 cm³/mol. The van der Waals surface area contributed by atoms with E-state index in [1.54, 1.807) is 12.1 Å². The van der Waals surface area contributed by atoms with E-state index in [1.807, 2.05) is 13.0 Å². The molecule has 1 rings (SSSR count). The van der Waals surface area contributed by atoms with Crippen LogP contribution in [0.3, 0.4) is 0 Å². The van der Waals surface area contributed by atoms with Crippen LogP contribution in [-0.2, 0) is 6.42 Å². The first-order valence-corrected chi connectivity index (χ1v) is 5.07. The van der Waals surface area contributed by atoms with Crippen molar-refractivity contribution in [1.82, 2.24) is 0 Å². The average molecular weight is 195 g/mol. The summed E-state index contributed by atoms with van der Waals surface area (Å²) in [7, 11) is 0. The van der Waals surface area contributed by atoms with Gasteiger partial charge in [0.2, 0.25) is 0 Å². The van der Waals surface area contributed by atoms with Crippen LogP contribution in [0.2, 0.25) is 0 Å². The van der Waals surface area contributed by atoms with Crippen LogP contribution in [-0.4, -0.2) is 5.54 Å². The first kappa shape index (κ1) is 11.2. The summed E-state index contributed by atoms with van der Waals surface area (Å²) in [5, 5.41) is 0. The molecule has 0 saturated heterocycles. The van der Waals surface area contributed by atoms with Crippen molar-refractivity contribution in [1.29, 1.82) is 0 Å². The summed E-state index contributed by atoms with van der Waals surface area (Å²) in [6.45, 7) is 4.06. The molecule has 0 amide bonds. The van der Waals surface area contributed by atoms with Crippen molar-refractivity contribution in [2.45, 2.75) is 38.6 Å². The highest BCUT2D eigenvalue weighted by Crippen LogP contribution is 2.17. The van der Waals surface area contributed by atoms with Crippen molar-refractivity contribution >= 4 is 0 Å². The molecule has 0 fully saturated rings. The second-order valence-corrected chi connectivity index (χ2v) is 4.17. The lowest BCUT2D eigenvalue weighted by Gasteiger charge is -2.24. The summed E-state index contributed by atoms with van der Waals surface area (Å²) in [5.41, 5.74) is 6.48. The van der Waals surface area contributed by atoms with Crippen LogP contribution in [0.5, 0.6) is 0 Å². The molecule has 1 aromatic carbocycles. The second-order valence-electron chi connectivity index (χ2n) is 4.17. The smallest absolute Gasteiger partial charge is 0.126 e. The van der Waals surface area contributed by atoms with Gasteiger partial charge < -0.3 is 5.73 Å². The molecule has 0 radical (unpaired) electrons. The van der Waals surface area contributed by atoms with Crippen molar-refractivity contribution in [3.8, 4) is 0 Å². The molecule has 0 spiro atoms. The number of benzene rings is 1.